The lowest BCUT2D eigenvalue weighted by Gasteiger charge is -2.18. The lowest BCUT2D eigenvalue weighted by molar-refractivity contribution is -0.167. The van der Waals surface area contributed by atoms with Gasteiger partial charge in [-0.05, 0) is 103 Å². The highest BCUT2D eigenvalue weighted by molar-refractivity contribution is 5.71. The van der Waals surface area contributed by atoms with E-state index < -0.39 is 6.10 Å². The van der Waals surface area contributed by atoms with E-state index in [0.29, 0.717) is 12.8 Å². The Hall–Kier alpha value is -4.71. The van der Waals surface area contributed by atoms with Crippen molar-refractivity contribution >= 4 is 17.9 Å². The van der Waals surface area contributed by atoms with Gasteiger partial charge in [0.2, 0.25) is 0 Å². The molecular weight excluding hydrogens is 877 g/mol. The van der Waals surface area contributed by atoms with Crippen LogP contribution in [-0.2, 0) is 28.6 Å². The molecular formula is C65H102O6. The number of carbonyl (C=O) groups is 3. The summed E-state index contributed by atoms with van der Waals surface area (Å²) in [5, 5.41) is 0. The minimum atomic E-state index is -0.829. The first kappa shape index (κ1) is 66.3. The summed E-state index contributed by atoms with van der Waals surface area (Å²) in [5.74, 6) is -1.03. The molecule has 1 atom stereocenters. The molecule has 0 rings (SSSR count). The number of rotatable bonds is 49. The molecule has 0 spiro atoms. The van der Waals surface area contributed by atoms with Gasteiger partial charge in [-0.2, -0.15) is 0 Å². The van der Waals surface area contributed by atoms with Crippen LogP contribution in [0.4, 0.5) is 0 Å². The Kier molecular flexibility index (Phi) is 54.0. The summed E-state index contributed by atoms with van der Waals surface area (Å²) in [4.78, 5) is 38.2. The third-order valence-corrected chi connectivity index (χ3v) is 11.5. The summed E-state index contributed by atoms with van der Waals surface area (Å²) >= 11 is 0. The Labute approximate surface area is 436 Å². The fourth-order valence-electron chi connectivity index (χ4n) is 7.17. The van der Waals surface area contributed by atoms with Crippen LogP contribution in [0.15, 0.2) is 146 Å². The standard InChI is InChI=1S/C65H102O6/c1-4-7-10-13-16-19-22-25-28-31-34-37-40-43-46-49-52-55-58-64(67)70-61-62(60-69-63(66)57-54-51-48-45-42-39-36-33-30-27-24-21-18-15-12-9-6-3)71-65(68)59-56-53-50-47-44-41-38-35-32-29-26-23-20-17-14-11-8-5-2/h10,13,16,18-19,21-23,25-32,34-39,45,48,62H,4-9,11-12,14-15,17,20,24,33,40-44,46-47,49-61H2,1-3H3/b13-10-,19-16-,21-18-,25-22-,26-23-,30-27-,31-28-,32-29-,37-34-,38-35-,39-36-,48-45-. The van der Waals surface area contributed by atoms with E-state index in [0.717, 1.165) is 116 Å². The molecule has 0 aliphatic carbocycles. The largest absolute Gasteiger partial charge is 0.462 e. The minimum Gasteiger partial charge on any atom is -0.462 e. The van der Waals surface area contributed by atoms with Crippen LogP contribution in [0.25, 0.3) is 0 Å². The van der Waals surface area contributed by atoms with Crippen molar-refractivity contribution in [2.75, 3.05) is 13.2 Å². The molecule has 398 valence electrons. The Balaban J connectivity index is 4.61. The molecule has 0 aliphatic heterocycles. The third kappa shape index (κ3) is 56.1. The number of unbranched alkanes of at least 4 members (excludes halogenated alkanes) is 20. The number of hydrogen-bond donors (Lipinski definition) is 0. The molecule has 0 amide bonds. The fraction of sp³-hybridized carbons (Fsp3) is 0.585. The van der Waals surface area contributed by atoms with Crippen LogP contribution in [0, 0.1) is 0 Å². The first-order valence-corrected chi connectivity index (χ1v) is 28.4. The van der Waals surface area contributed by atoms with Gasteiger partial charge >= 0.3 is 17.9 Å². The van der Waals surface area contributed by atoms with E-state index in [-0.39, 0.29) is 44.0 Å². The minimum absolute atomic E-state index is 0.123. The quantitative estimate of drug-likeness (QED) is 0.0199. The number of esters is 3. The summed E-state index contributed by atoms with van der Waals surface area (Å²) < 4.78 is 16.8. The normalized spacial score (nSPS) is 13.2. The van der Waals surface area contributed by atoms with Crippen LogP contribution in [0.5, 0.6) is 0 Å². The molecule has 6 nitrogen and oxygen atoms in total. The first-order chi connectivity index (χ1) is 35.0. The average molecular weight is 980 g/mol. The SMILES string of the molecule is CCC\C=C/C=C\C=C/C=C\C=C/CCCCCCCC(=O)OCC(COC(=O)CCC/C=C\C/C=C\C/C=C\C/C=C\CCCCC)OC(=O)CCCCCCC\C=C/C=C\C=C/CCCCCCC. The Morgan fingerprint density at radius 1 is 0.296 bits per heavy atom. The lowest BCUT2D eigenvalue weighted by atomic mass is 10.1. The van der Waals surface area contributed by atoms with Gasteiger partial charge in [-0.25, -0.2) is 0 Å². The summed E-state index contributed by atoms with van der Waals surface area (Å²) in [6.45, 7) is 6.41. The zero-order chi connectivity index (χ0) is 51.4. The topological polar surface area (TPSA) is 78.9 Å². The Morgan fingerprint density at radius 3 is 1.06 bits per heavy atom. The highest BCUT2D eigenvalue weighted by atomic mass is 16.6. The van der Waals surface area contributed by atoms with Gasteiger partial charge < -0.3 is 14.2 Å². The monoisotopic (exact) mass is 979 g/mol. The van der Waals surface area contributed by atoms with Crippen LogP contribution in [0.1, 0.15) is 226 Å². The molecule has 6 heteroatoms. The summed E-state index contributed by atoms with van der Waals surface area (Å²) in [5.41, 5.74) is 0. The zero-order valence-electron chi connectivity index (χ0n) is 45.4. The van der Waals surface area contributed by atoms with Crippen molar-refractivity contribution < 1.29 is 28.6 Å². The molecule has 0 saturated heterocycles. The van der Waals surface area contributed by atoms with Crippen LogP contribution in [-0.4, -0.2) is 37.2 Å². The highest BCUT2D eigenvalue weighted by Crippen LogP contribution is 2.12. The smallest absolute Gasteiger partial charge is 0.306 e. The van der Waals surface area contributed by atoms with Gasteiger partial charge in [0.05, 0.1) is 0 Å². The van der Waals surface area contributed by atoms with Crippen molar-refractivity contribution in [3.8, 4) is 0 Å². The second-order valence-electron chi connectivity index (χ2n) is 18.3. The van der Waals surface area contributed by atoms with Gasteiger partial charge in [0.15, 0.2) is 6.10 Å². The summed E-state index contributed by atoms with van der Waals surface area (Å²) in [6.07, 6.45) is 82.5. The van der Waals surface area contributed by atoms with Gasteiger partial charge in [0, 0.05) is 19.3 Å². The van der Waals surface area contributed by atoms with Gasteiger partial charge in [0.1, 0.15) is 13.2 Å². The van der Waals surface area contributed by atoms with E-state index in [1.807, 2.05) is 36.5 Å². The Bertz CT molecular complexity index is 1590. The Morgan fingerprint density at radius 2 is 0.606 bits per heavy atom. The summed E-state index contributed by atoms with van der Waals surface area (Å²) in [7, 11) is 0. The summed E-state index contributed by atoms with van der Waals surface area (Å²) in [6, 6.07) is 0. The zero-order valence-corrected chi connectivity index (χ0v) is 45.4. The fourth-order valence-corrected chi connectivity index (χ4v) is 7.17. The molecule has 0 aliphatic rings. The number of ether oxygens (including phenoxy) is 3. The van der Waals surface area contributed by atoms with Crippen LogP contribution in [0.2, 0.25) is 0 Å². The number of carbonyl (C=O) groups excluding carboxylic acids is 3. The van der Waals surface area contributed by atoms with Gasteiger partial charge in [-0.15, -0.1) is 0 Å². The first-order valence-electron chi connectivity index (χ1n) is 28.4. The third-order valence-electron chi connectivity index (χ3n) is 11.5. The maximum absolute atomic E-state index is 12.9. The molecule has 1 unspecified atom stereocenters. The van der Waals surface area contributed by atoms with Crippen LogP contribution < -0.4 is 0 Å². The molecule has 0 saturated carbocycles. The van der Waals surface area contributed by atoms with E-state index in [1.54, 1.807) is 0 Å². The van der Waals surface area contributed by atoms with Crippen LogP contribution in [0.3, 0.4) is 0 Å². The maximum Gasteiger partial charge on any atom is 0.306 e. The molecule has 0 heterocycles. The van der Waals surface area contributed by atoms with Gasteiger partial charge in [-0.3, -0.25) is 14.4 Å². The van der Waals surface area contributed by atoms with E-state index in [9.17, 15) is 14.4 Å². The van der Waals surface area contributed by atoms with Crippen molar-refractivity contribution in [3.05, 3.63) is 146 Å². The molecule has 0 aromatic heterocycles. The molecule has 0 aromatic carbocycles. The van der Waals surface area contributed by atoms with E-state index in [4.69, 9.17) is 14.2 Å². The van der Waals surface area contributed by atoms with Crippen molar-refractivity contribution in [2.45, 2.75) is 232 Å². The molecule has 0 fully saturated rings. The predicted molar refractivity (Wildman–Crippen MR) is 306 cm³/mol. The van der Waals surface area contributed by atoms with Gasteiger partial charge in [-0.1, -0.05) is 250 Å². The van der Waals surface area contributed by atoms with Crippen molar-refractivity contribution in [1.29, 1.82) is 0 Å². The average Bonchev–Trinajstić information content (AvgIpc) is 3.37. The van der Waals surface area contributed by atoms with Gasteiger partial charge in [0.25, 0.3) is 0 Å². The van der Waals surface area contributed by atoms with E-state index in [1.165, 1.54) is 64.2 Å². The molecule has 0 radical (unpaired) electrons. The maximum atomic E-state index is 12.9. The molecule has 0 bridgehead atoms. The van der Waals surface area contributed by atoms with Crippen molar-refractivity contribution in [1.82, 2.24) is 0 Å². The lowest BCUT2D eigenvalue weighted by Crippen LogP contribution is -2.30. The second kappa shape index (κ2) is 57.9. The van der Waals surface area contributed by atoms with E-state index in [2.05, 4.69) is 130 Å². The van der Waals surface area contributed by atoms with Crippen molar-refractivity contribution in [2.24, 2.45) is 0 Å². The number of hydrogen-bond acceptors (Lipinski definition) is 6. The highest BCUT2D eigenvalue weighted by Gasteiger charge is 2.19. The number of allylic oxidation sites excluding steroid dienone is 24. The molecule has 0 N–H and O–H groups in total. The second-order valence-corrected chi connectivity index (χ2v) is 18.3. The molecule has 71 heavy (non-hydrogen) atoms. The van der Waals surface area contributed by atoms with E-state index >= 15 is 0 Å². The van der Waals surface area contributed by atoms with Crippen LogP contribution >= 0.6 is 0 Å². The molecule has 0 aromatic rings. The predicted octanol–water partition coefficient (Wildman–Crippen LogP) is 19.2. The van der Waals surface area contributed by atoms with Crippen molar-refractivity contribution in [3.63, 3.8) is 0 Å².